The second-order valence-corrected chi connectivity index (χ2v) is 8.08. The van der Waals surface area contributed by atoms with Gasteiger partial charge in [-0.05, 0) is 44.0 Å². The van der Waals surface area contributed by atoms with Crippen molar-refractivity contribution >= 4 is 34.0 Å². The maximum absolute atomic E-state index is 12.7. The van der Waals surface area contributed by atoms with E-state index in [1.807, 2.05) is 13.8 Å². The molecule has 0 bridgehead atoms. The van der Waals surface area contributed by atoms with E-state index in [2.05, 4.69) is 5.32 Å². The van der Waals surface area contributed by atoms with Crippen LogP contribution >= 0.6 is 12.4 Å². The number of halogens is 1. The highest BCUT2D eigenvalue weighted by Gasteiger charge is 2.24. The van der Waals surface area contributed by atoms with Crippen LogP contribution in [0.4, 0.5) is 5.69 Å². The molecule has 1 amide bonds. The van der Waals surface area contributed by atoms with Crippen LogP contribution in [0.2, 0.25) is 0 Å². The third kappa shape index (κ3) is 5.41. The van der Waals surface area contributed by atoms with Gasteiger partial charge >= 0.3 is 0 Å². The average molecular weight is 392 g/mol. The number of amides is 1. The zero-order valence-electron chi connectivity index (χ0n) is 15.8. The summed E-state index contributed by atoms with van der Waals surface area (Å²) in [6, 6.07) is 2.89. The summed E-state index contributed by atoms with van der Waals surface area (Å²) in [6.45, 7) is 11.6. The SMILES string of the molecule is CCN(CC)S(=O)(=O)c1cc(C)c(C)c(NC(=O)C(C)C(C)N)c1.Cl. The van der Waals surface area contributed by atoms with E-state index in [9.17, 15) is 13.2 Å². The monoisotopic (exact) mass is 391 g/mol. The fourth-order valence-electron chi connectivity index (χ4n) is 2.30. The molecule has 0 aliphatic heterocycles. The number of anilines is 1. The summed E-state index contributed by atoms with van der Waals surface area (Å²) in [5.41, 5.74) is 7.94. The van der Waals surface area contributed by atoms with Crippen LogP contribution in [-0.4, -0.2) is 37.8 Å². The molecule has 6 nitrogen and oxygen atoms in total. The van der Waals surface area contributed by atoms with Crippen LogP contribution in [0.15, 0.2) is 17.0 Å². The summed E-state index contributed by atoms with van der Waals surface area (Å²) in [7, 11) is -3.58. The second-order valence-electron chi connectivity index (χ2n) is 6.14. The Kier molecular flexibility index (Phi) is 9.08. The van der Waals surface area contributed by atoms with Crippen molar-refractivity contribution in [3.8, 4) is 0 Å². The average Bonchev–Trinajstić information content (AvgIpc) is 2.51. The lowest BCUT2D eigenvalue weighted by Crippen LogP contribution is -2.34. The summed E-state index contributed by atoms with van der Waals surface area (Å²) in [4.78, 5) is 12.5. The van der Waals surface area contributed by atoms with E-state index in [4.69, 9.17) is 5.73 Å². The van der Waals surface area contributed by atoms with Crippen LogP contribution in [-0.2, 0) is 14.8 Å². The predicted molar refractivity (Wildman–Crippen MR) is 105 cm³/mol. The lowest BCUT2D eigenvalue weighted by Gasteiger charge is -2.21. The molecule has 144 valence electrons. The van der Waals surface area contributed by atoms with Crippen molar-refractivity contribution in [3.05, 3.63) is 23.3 Å². The predicted octanol–water partition coefficient (Wildman–Crippen LogP) is 2.68. The van der Waals surface area contributed by atoms with E-state index < -0.39 is 10.0 Å². The Bertz CT molecular complexity index is 701. The molecule has 1 aromatic carbocycles. The highest BCUT2D eigenvalue weighted by molar-refractivity contribution is 7.89. The molecule has 1 aromatic rings. The van der Waals surface area contributed by atoms with Crippen molar-refractivity contribution in [2.45, 2.75) is 52.5 Å². The van der Waals surface area contributed by atoms with Crippen molar-refractivity contribution < 1.29 is 13.2 Å². The Morgan fingerprint density at radius 2 is 1.72 bits per heavy atom. The van der Waals surface area contributed by atoms with E-state index in [1.54, 1.807) is 33.8 Å². The molecule has 0 aliphatic rings. The maximum atomic E-state index is 12.7. The molecule has 2 unspecified atom stereocenters. The van der Waals surface area contributed by atoms with Gasteiger partial charge in [-0.25, -0.2) is 8.42 Å². The largest absolute Gasteiger partial charge is 0.327 e. The van der Waals surface area contributed by atoms with E-state index in [0.29, 0.717) is 18.8 Å². The first-order chi connectivity index (χ1) is 11.1. The molecule has 0 spiro atoms. The zero-order chi connectivity index (χ0) is 18.7. The molecule has 1 rings (SSSR count). The first-order valence-corrected chi connectivity index (χ1v) is 9.68. The van der Waals surface area contributed by atoms with E-state index in [-0.39, 0.29) is 35.2 Å². The van der Waals surface area contributed by atoms with Gasteiger partial charge < -0.3 is 11.1 Å². The maximum Gasteiger partial charge on any atom is 0.243 e. The van der Waals surface area contributed by atoms with Crippen LogP contribution in [0.25, 0.3) is 0 Å². The number of benzene rings is 1. The first kappa shape index (κ1) is 23.9. The van der Waals surface area contributed by atoms with Crippen LogP contribution < -0.4 is 11.1 Å². The molecule has 8 heteroatoms. The molecule has 2 atom stereocenters. The Morgan fingerprint density at radius 1 is 1.20 bits per heavy atom. The number of hydrogen-bond donors (Lipinski definition) is 2. The van der Waals surface area contributed by atoms with Crippen molar-refractivity contribution in [3.63, 3.8) is 0 Å². The number of nitrogens with two attached hydrogens (primary N) is 1. The van der Waals surface area contributed by atoms with Gasteiger partial charge in [-0.2, -0.15) is 4.31 Å². The number of carbonyl (C=O) groups is 1. The summed E-state index contributed by atoms with van der Waals surface area (Å²) < 4.78 is 26.9. The Morgan fingerprint density at radius 3 is 2.16 bits per heavy atom. The van der Waals surface area contributed by atoms with Gasteiger partial charge in [0.25, 0.3) is 0 Å². The van der Waals surface area contributed by atoms with Gasteiger partial charge in [0, 0.05) is 24.8 Å². The molecule has 3 N–H and O–H groups in total. The van der Waals surface area contributed by atoms with Gasteiger partial charge in [-0.3, -0.25) is 4.79 Å². The van der Waals surface area contributed by atoms with Gasteiger partial charge in [0.1, 0.15) is 0 Å². The molecular formula is C17H30ClN3O3S. The van der Waals surface area contributed by atoms with Crippen molar-refractivity contribution in [1.82, 2.24) is 4.31 Å². The standard InChI is InChI=1S/C17H29N3O3S.ClH/c1-7-20(8-2)24(22,23)15-9-11(3)12(4)16(10-15)19-17(21)13(5)14(6)18;/h9-10,13-14H,7-8,18H2,1-6H3,(H,19,21);1H. The summed E-state index contributed by atoms with van der Waals surface area (Å²) in [6.07, 6.45) is 0. The van der Waals surface area contributed by atoms with Crippen molar-refractivity contribution in [1.29, 1.82) is 0 Å². The Balaban J connectivity index is 0.00000576. The fraction of sp³-hybridized carbons (Fsp3) is 0.588. The second kappa shape index (κ2) is 9.52. The number of aryl methyl sites for hydroxylation is 1. The zero-order valence-corrected chi connectivity index (χ0v) is 17.4. The molecule has 0 heterocycles. The lowest BCUT2D eigenvalue weighted by atomic mass is 10.0. The number of sulfonamides is 1. The normalized spacial score (nSPS) is 13.9. The minimum atomic E-state index is -3.58. The topological polar surface area (TPSA) is 92.5 Å². The fourth-order valence-corrected chi connectivity index (χ4v) is 3.87. The number of nitrogens with one attached hydrogen (secondary N) is 1. The number of hydrogen-bond acceptors (Lipinski definition) is 4. The van der Waals surface area contributed by atoms with E-state index in [0.717, 1.165) is 11.1 Å². The lowest BCUT2D eigenvalue weighted by molar-refractivity contribution is -0.119. The van der Waals surface area contributed by atoms with Crippen LogP contribution in [0, 0.1) is 19.8 Å². The van der Waals surface area contributed by atoms with Crippen molar-refractivity contribution in [2.24, 2.45) is 11.7 Å². The minimum Gasteiger partial charge on any atom is -0.327 e. The highest BCUT2D eigenvalue weighted by atomic mass is 35.5. The molecule has 0 saturated heterocycles. The third-order valence-electron chi connectivity index (χ3n) is 4.44. The Labute approximate surface area is 157 Å². The van der Waals surface area contributed by atoms with E-state index in [1.165, 1.54) is 10.4 Å². The first-order valence-electron chi connectivity index (χ1n) is 8.24. The number of rotatable bonds is 7. The van der Waals surface area contributed by atoms with Gasteiger partial charge in [-0.1, -0.05) is 20.8 Å². The molecule has 0 aromatic heterocycles. The summed E-state index contributed by atoms with van der Waals surface area (Å²) >= 11 is 0. The van der Waals surface area contributed by atoms with Crippen LogP contribution in [0.5, 0.6) is 0 Å². The molecule has 0 saturated carbocycles. The van der Waals surface area contributed by atoms with Crippen LogP contribution in [0.1, 0.15) is 38.8 Å². The minimum absolute atomic E-state index is 0. The van der Waals surface area contributed by atoms with Crippen molar-refractivity contribution in [2.75, 3.05) is 18.4 Å². The highest BCUT2D eigenvalue weighted by Crippen LogP contribution is 2.26. The van der Waals surface area contributed by atoms with Gasteiger partial charge in [0.05, 0.1) is 10.8 Å². The Hall–Kier alpha value is -1.15. The molecular weight excluding hydrogens is 362 g/mol. The van der Waals surface area contributed by atoms with Crippen LogP contribution in [0.3, 0.4) is 0 Å². The molecule has 25 heavy (non-hydrogen) atoms. The summed E-state index contributed by atoms with van der Waals surface area (Å²) in [5.74, 6) is -0.586. The molecule has 0 aliphatic carbocycles. The summed E-state index contributed by atoms with van der Waals surface area (Å²) in [5, 5.41) is 2.82. The molecule has 0 fully saturated rings. The van der Waals surface area contributed by atoms with E-state index >= 15 is 0 Å². The van der Waals surface area contributed by atoms with Gasteiger partial charge in [0.15, 0.2) is 0 Å². The van der Waals surface area contributed by atoms with Gasteiger partial charge in [-0.15, -0.1) is 12.4 Å². The van der Waals surface area contributed by atoms with Gasteiger partial charge in [0.2, 0.25) is 15.9 Å². The quantitative estimate of drug-likeness (QED) is 0.747. The third-order valence-corrected chi connectivity index (χ3v) is 6.47. The number of carbonyl (C=O) groups excluding carboxylic acids is 1. The smallest absolute Gasteiger partial charge is 0.243 e. The number of nitrogens with zero attached hydrogens (tertiary/aromatic N) is 1. The molecule has 0 radical (unpaired) electrons.